The Kier molecular flexibility index (Phi) is 10.2. The predicted octanol–water partition coefficient (Wildman–Crippen LogP) is 4.81. The molecular formula is C24H34IN3O3. The van der Waals surface area contributed by atoms with E-state index in [1.54, 1.807) is 12.1 Å². The van der Waals surface area contributed by atoms with E-state index in [1.165, 1.54) is 32.6 Å². The van der Waals surface area contributed by atoms with Gasteiger partial charge < -0.3 is 25.2 Å². The molecule has 0 aliphatic heterocycles. The smallest absolute Gasteiger partial charge is 0.200 e. The lowest BCUT2D eigenvalue weighted by Crippen LogP contribution is -2.44. The van der Waals surface area contributed by atoms with Gasteiger partial charge in [-0.25, -0.2) is 4.99 Å². The maximum atomic E-state index is 10.1. The summed E-state index contributed by atoms with van der Waals surface area (Å²) in [4.78, 5) is 4.74. The lowest BCUT2D eigenvalue weighted by Gasteiger charge is -2.30. The first kappa shape index (κ1) is 25.1. The second-order valence-electron chi connectivity index (χ2n) is 7.65. The first-order valence-corrected chi connectivity index (χ1v) is 10.7. The van der Waals surface area contributed by atoms with Crippen molar-refractivity contribution < 1.29 is 14.6 Å². The minimum absolute atomic E-state index is 0. The van der Waals surface area contributed by atoms with Gasteiger partial charge in [-0.05, 0) is 61.8 Å². The molecule has 0 aromatic heterocycles. The van der Waals surface area contributed by atoms with Crippen LogP contribution in [0.15, 0.2) is 47.5 Å². The lowest BCUT2D eigenvalue weighted by molar-refractivity contribution is 0.339. The maximum absolute atomic E-state index is 10.1. The summed E-state index contributed by atoms with van der Waals surface area (Å²) in [6, 6.07) is 14.8. The average Bonchev–Trinajstić information content (AvgIpc) is 2.79. The molecular weight excluding hydrogens is 505 g/mol. The summed E-state index contributed by atoms with van der Waals surface area (Å²) >= 11 is 0. The summed E-state index contributed by atoms with van der Waals surface area (Å²) in [6.45, 7) is 3.32. The van der Waals surface area contributed by atoms with Crippen molar-refractivity contribution in [2.45, 2.75) is 51.1 Å². The molecule has 1 saturated carbocycles. The van der Waals surface area contributed by atoms with Crippen LogP contribution in [0.25, 0.3) is 0 Å². The minimum Gasteiger partial charge on any atom is -0.502 e. The number of ether oxygens (including phenoxy) is 2. The highest BCUT2D eigenvalue weighted by Gasteiger charge is 2.22. The molecule has 2 aromatic carbocycles. The van der Waals surface area contributed by atoms with Crippen LogP contribution in [0.1, 0.15) is 49.7 Å². The van der Waals surface area contributed by atoms with Crippen LogP contribution in [0.5, 0.6) is 17.2 Å². The Balaban J connectivity index is 0.00000341. The van der Waals surface area contributed by atoms with Crippen LogP contribution in [0.4, 0.5) is 0 Å². The van der Waals surface area contributed by atoms with Crippen LogP contribution < -0.4 is 20.1 Å². The lowest BCUT2D eigenvalue weighted by atomic mass is 9.82. The molecule has 3 N–H and O–H groups in total. The van der Waals surface area contributed by atoms with Crippen molar-refractivity contribution >= 4 is 29.9 Å². The van der Waals surface area contributed by atoms with Crippen LogP contribution in [-0.4, -0.2) is 37.9 Å². The third-order valence-corrected chi connectivity index (χ3v) is 5.64. The fourth-order valence-corrected chi connectivity index (χ4v) is 4.02. The summed E-state index contributed by atoms with van der Waals surface area (Å²) < 4.78 is 10.5. The van der Waals surface area contributed by atoms with Gasteiger partial charge in [0.05, 0.1) is 20.8 Å². The number of benzene rings is 2. The van der Waals surface area contributed by atoms with Crippen molar-refractivity contribution in [2.75, 3.05) is 20.8 Å². The number of nitrogens with zero attached hydrogens (tertiary/aromatic N) is 1. The van der Waals surface area contributed by atoms with Crippen molar-refractivity contribution in [3.63, 3.8) is 0 Å². The SMILES string of the molecule is CCNC(=NCc1cc(OC)c(O)c(OC)c1)NC1CCC(c2ccccc2)CC1.I. The zero-order valence-corrected chi connectivity index (χ0v) is 20.9. The Morgan fingerprint density at radius 3 is 2.19 bits per heavy atom. The normalized spacial score (nSPS) is 18.6. The van der Waals surface area contributed by atoms with E-state index in [1.807, 2.05) is 0 Å². The van der Waals surface area contributed by atoms with E-state index in [4.69, 9.17) is 14.5 Å². The summed E-state index contributed by atoms with van der Waals surface area (Å²) in [6.07, 6.45) is 4.64. The molecule has 7 heteroatoms. The first-order valence-electron chi connectivity index (χ1n) is 10.7. The minimum atomic E-state index is 0. The summed E-state index contributed by atoms with van der Waals surface area (Å²) in [5, 5.41) is 17.0. The highest BCUT2D eigenvalue weighted by molar-refractivity contribution is 14.0. The Hall–Kier alpha value is -2.16. The molecule has 1 aliphatic carbocycles. The second kappa shape index (κ2) is 12.6. The molecule has 31 heavy (non-hydrogen) atoms. The molecule has 0 spiro atoms. The van der Waals surface area contributed by atoms with Gasteiger partial charge in [-0.1, -0.05) is 30.3 Å². The number of aromatic hydroxyl groups is 1. The van der Waals surface area contributed by atoms with Gasteiger partial charge in [0.2, 0.25) is 5.75 Å². The van der Waals surface area contributed by atoms with E-state index < -0.39 is 0 Å². The topological polar surface area (TPSA) is 75.1 Å². The van der Waals surface area contributed by atoms with Gasteiger partial charge in [0, 0.05) is 12.6 Å². The number of halogens is 1. The van der Waals surface area contributed by atoms with Gasteiger partial charge in [0.1, 0.15) is 0 Å². The average molecular weight is 539 g/mol. The molecule has 0 unspecified atom stereocenters. The molecule has 0 amide bonds. The first-order chi connectivity index (χ1) is 14.6. The van der Waals surface area contributed by atoms with Gasteiger partial charge in [-0.3, -0.25) is 0 Å². The Bertz CT molecular complexity index is 812. The van der Waals surface area contributed by atoms with Crippen molar-refractivity contribution in [3.05, 3.63) is 53.6 Å². The number of phenols is 1. The molecule has 6 nitrogen and oxygen atoms in total. The maximum Gasteiger partial charge on any atom is 0.200 e. The third kappa shape index (κ3) is 6.92. The van der Waals surface area contributed by atoms with Crippen molar-refractivity contribution in [1.29, 1.82) is 0 Å². The van der Waals surface area contributed by atoms with Crippen LogP contribution in [-0.2, 0) is 6.54 Å². The van der Waals surface area contributed by atoms with Crippen LogP contribution >= 0.6 is 24.0 Å². The number of rotatable bonds is 7. The van der Waals surface area contributed by atoms with E-state index in [2.05, 4.69) is 47.9 Å². The van der Waals surface area contributed by atoms with Gasteiger partial charge in [-0.2, -0.15) is 0 Å². The molecule has 0 radical (unpaired) electrons. The Morgan fingerprint density at radius 2 is 1.65 bits per heavy atom. The Morgan fingerprint density at radius 1 is 1.03 bits per heavy atom. The summed E-state index contributed by atoms with van der Waals surface area (Å²) in [5.41, 5.74) is 2.36. The van der Waals surface area contributed by atoms with Crippen LogP contribution in [0.2, 0.25) is 0 Å². The number of nitrogens with one attached hydrogen (secondary N) is 2. The van der Waals surface area contributed by atoms with E-state index >= 15 is 0 Å². The third-order valence-electron chi connectivity index (χ3n) is 5.64. The van der Waals surface area contributed by atoms with E-state index in [0.717, 1.165) is 30.9 Å². The molecule has 170 valence electrons. The Labute approximate surface area is 202 Å². The molecule has 0 heterocycles. The van der Waals surface area contributed by atoms with Crippen molar-refractivity contribution in [2.24, 2.45) is 4.99 Å². The number of phenolic OH excluding ortho intramolecular Hbond substituents is 1. The quantitative estimate of drug-likeness (QED) is 0.268. The fourth-order valence-electron chi connectivity index (χ4n) is 4.02. The van der Waals surface area contributed by atoms with Crippen LogP contribution in [0, 0.1) is 0 Å². The highest BCUT2D eigenvalue weighted by Crippen LogP contribution is 2.37. The van der Waals surface area contributed by atoms with Gasteiger partial charge in [-0.15, -0.1) is 24.0 Å². The largest absolute Gasteiger partial charge is 0.502 e. The zero-order valence-electron chi connectivity index (χ0n) is 18.6. The van der Waals surface area contributed by atoms with Gasteiger partial charge in [0.25, 0.3) is 0 Å². The molecule has 0 saturated heterocycles. The standard InChI is InChI=1S/C24H33N3O3.HI/c1-4-25-24(26-16-17-14-21(29-2)23(28)22(15-17)30-3)27-20-12-10-19(11-13-20)18-8-6-5-7-9-18;/h5-9,14-15,19-20,28H,4,10-13,16H2,1-3H3,(H2,25,26,27);1H. The van der Waals surface area contributed by atoms with E-state index in [-0.39, 0.29) is 29.7 Å². The molecule has 3 rings (SSSR count). The van der Waals surface area contributed by atoms with Gasteiger partial charge >= 0.3 is 0 Å². The second-order valence-corrected chi connectivity index (χ2v) is 7.65. The number of aliphatic imine (C=N–C) groups is 1. The molecule has 0 bridgehead atoms. The number of hydrogen-bond acceptors (Lipinski definition) is 4. The molecule has 1 fully saturated rings. The predicted molar refractivity (Wildman–Crippen MR) is 136 cm³/mol. The molecule has 2 aromatic rings. The van der Waals surface area contributed by atoms with E-state index in [9.17, 15) is 5.11 Å². The number of methoxy groups -OCH3 is 2. The summed E-state index contributed by atoms with van der Waals surface area (Å²) in [5.74, 6) is 2.24. The number of guanidine groups is 1. The van der Waals surface area contributed by atoms with Crippen molar-refractivity contribution in [3.8, 4) is 17.2 Å². The van der Waals surface area contributed by atoms with Gasteiger partial charge in [0.15, 0.2) is 17.5 Å². The van der Waals surface area contributed by atoms with Crippen molar-refractivity contribution in [1.82, 2.24) is 10.6 Å². The zero-order chi connectivity index (χ0) is 21.3. The number of hydrogen-bond donors (Lipinski definition) is 3. The highest BCUT2D eigenvalue weighted by atomic mass is 127. The monoisotopic (exact) mass is 539 g/mol. The fraction of sp³-hybridized carbons (Fsp3) is 0.458. The van der Waals surface area contributed by atoms with E-state index in [0.29, 0.717) is 30.0 Å². The molecule has 0 atom stereocenters. The molecule has 1 aliphatic rings. The van der Waals surface area contributed by atoms with Crippen LogP contribution in [0.3, 0.4) is 0 Å². The summed E-state index contributed by atoms with van der Waals surface area (Å²) in [7, 11) is 3.05.